The zero-order valence-electron chi connectivity index (χ0n) is 15.3. The van der Waals surface area contributed by atoms with E-state index in [-0.39, 0.29) is 0 Å². The minimum Gasteiger partial charge on any atom is -0.486 e. The van der Waals surface area contributed by atoms with E-state index in [0.29, 0.717) is 22.4 Å². The van der Waals surface area contributed by atoms with Crippen LogP contribution in [-0.2, 0) is 6.61 Å². The van der Waals surface area contributed by atoms with Gasteiger partial charge in [-0.25, -0.2) is 0 Å². The molecule has 3 aromatic carbocycles. The number of aryl methyl sites for hydroxylation is 2. The van der Waals surface area contributed by atoms with E-state index in [1.807, 2.05) is 30.5 Å². The third-order valence-corrected chi connectivity index (χ3v) is 5.88. The molecule has 0 heterocycles. The molecular weight excluding hydrogens is 525 g/mol. The summed E-state index contributed by atoms with van der Waals surface area (Å²) in [5, 5.41) is 1.18. The lowest BCUT2D eigenvalue weighted by molar-refractivity contribution is 0.302. The zero-order valence-corrected chi connectivity index (χ0v) is 20.0. The topological polar surface area (TPSA) is 21.6 Å². The number of hydrogen-bond acceptors (Lipinski definition) is 2. The molecule has 0 aliphatic rings. The molecule has 0 bridgehead atoms. The van der Waals surface area contributed by atoms with Crippen LogP contribution in [0.3, 0.4) is 0 Å². The molecule has 28 heavy (non-hydrogen) atoms. The summed E-state index contributed by atoms with van der Waals surface area (Å²) in [7, 11) is 0. The van der Waals surface area contributed by atoms with E-state index in [4.69, 9.17) is 27.9 Å². The molecule has 0 spiro atoms. The molecule has 3 aromatic rings. The van der Waals surface area contributed by atoms with Crippen LogP contribution in [0, 0.1) is 13.8 Å². The lowest BCUT2D eigenvalue weighted by Gasteiger charge is -2.12. The Morgan fingerprint density at radius 3 is 2.32 bits per heavy atom. The summed E-state index contributed by atoms with van der Waals surface area (Å²) in [6.07, 6.45) is 1.84. The van der Waals surface area contributed by atoms with Gasteiger partial charge in [0, 0.05) is 21.8 Å². The van der Waals surface area contributed by atoms with E-state index in [9.17, 15) is 0 Å². The molecule has 0 fully saturated rings. The van der Waals surface area contributed by atoms with Gasteiger partial charge < -0.3 is 4.74 Å². The van der Waals surface area contributed by atoms with Crippen molar-refractivity contribution in [3.05, 3.63) is 89.8 Å². The lowest BCUT2D eigenvalue weighted by atomic mass is 10.1. The number of hydrogen-bond donors (Lipinski definition) is 0. The Balaban J connectivity index is 1.77. The summed E-state index contributed by atoms with van der Waals surface area (Å²) in [4.78, 5) is 4.61. The first-order valence-electron chi connectivity index (χ1n) is 8.50. The zero-order chi connectivity index (χ0) is 20.3. The van der Waals surface area contributed by atoms with Crippen molar-refractivity contribution >= 4 is 67.0 Å². The van der Waals surface area contributed by atoms with Crippen molar-refractivity contribution in [3.63, 3.8) is 0 Å². The third kappa shape index (κ3) is 5.38. The van der Waals surface area contributed by atoms with E-state index in [0.717, 1.165) is 31.3 Å². The summed E-state index contributed by atoms with van der Waals surface area (Å²) in [5.74, 6) is 0.703. The molecule has 0 aliphatic heterocycles. The highest BCUT2D eigenvalue weighted by molar-refractivity contribution is 9.11. The molecule has 0 amide bonds. The van der Waals surface area contributed by atoms with E-state index in [1.54, 1.807) is 12.1 Å². The second kappa shape index (κ2) is 9.45. The van der Waals surface area contributed by atoms with Crippen molar-refractivity contribution in [2.45, 2.75) is 20.5 Å². The molecule has 0 radical (unpaired) electrons. The number of rotatable bonds is 5. The van der Waals surface area contributed by atoms with Crippen molar-refractivity contribution in [2.24, 2.45) is 4.99 Å². The Morgan fingerprint density at radius 1 is 0.964 bits per heavy atom. The monoisotopic (exact) mass is 539 g/mol. The van der Waals surface area contributed by atoms with Crippen molar-refractivity contribution in [1.29, 1.82) is 0 Å². The summed E-state index contributed by atoms with van der Waals surface area (Å²) in [6, 6.07) is 15.5. The highest BCUT2D eigenvalue weighted by Gasteiger charge is 2.10. The van der Waals surface area contributed by atoms with Crippen molar-refractivity contribution < 1.29 is 4.74 Å². The van der Waals surface area contributed by atoms with Crippen molar-refractivity contribution in [1.82, 2.24) is 0 Å². The minimum atomic E-state index is 0.337. The van der Waals surface area contributed by atoms with E-state index in [1.165, 1.54) is 5.56 Å². The van der Waals surface area contributed by atoms with Crippen LogP contribution in [0.25, 0.3) is 0 Å². The van der Waals surface area contributed by atoms with Gasteiger partial charge in [-0.15, -0.1) is 0 Å². The Labute approximate surface area is 191 Å². The number of nitrogens with zero attached hydrogens (tertiary/aromatic N) is 1. The molecule has 0 aromatic heterocycles. The Morgan fingerprint density at radius 2 is 1.68 bits per heavy atom. The minimum absolute atomic E-state index is 0.337. The van der Waals surface area contributed by atoms with Gasteiger partial charge in [-0.1, -0.05) is 47.0 Å². The third-order valence-electron chi connectivity index (χ3n) is 4.11. The van der Waals surface area contributed by atoms with Gasteiger partial charge in [0.25, 0.3) is 0 Å². The van der Waals surface area contributed by atoms with Crippen LogP contribution in [0.4, 0.5) is 5.69 Å². The summed E-state index contributed by atoms with van der Waals surface area (Å²) in [6.45, 7) is 4.47. The quantitative estimate of drug-likeness (QED) is 0.297. The maximum absolute atomic E-state index is 6.22. The first kappa shape index (κ1) is 21.4. The van der Waals surface area contributed by atoms with Gasteiger partial charge in [0.1, 0.15) is 12.4 Å². The Hall–Kier alpha value is -1.33. The average Bonchev–Trinajstić information content (AvgIpc) is 2.62. The number of aliphatic imine (C=N–C) groups is 1. The second-order valence-electron chi connectivity index (χ2n) is 6.39. The summed E-state index contributed by atoms with van der Waals surface area (Å²) >= 11 is 19.3. The maximum atomic E-state index is 6.22. The normalized spacial score (nSPS) is 11.2. The fraction of sp³-hybridized carbons (Fsp3) is 0.136. The van der Waals surface area contributed by atoms with Crippen LogP contribution in [0.1, 0.15) is 22.3 Å². The summed E-state index contributed by atoms with van der Waals surface area (Å²) in [5.41, 5.74) is 5.15. The molecule has 0 saturated carbocycles. The molecule has 2 nitrogen and oxygen atoms in total. The molecule has 0 atom stereocenters. The molecule has 0 aliphatic carbocycles. The van der Waals surface area contributed by atoms with Crippen LogP contribution in [0.15, 0.2) is 62.5 Å². The van der Waals surface area contributed by atoms with E-state index in [2.05, 4.69) is 62.8 Å². The molecule has 6 heteroatoms. The smallest absolute Gasteiger partial charge is 0.148 e. The molecule has 0 saturated heterocycles. The fourth-order valence-corrected chi connectivity index (χ4v) is 4.59. The molecular formula is C22H17Br2Cl2NO. The largest absolute Gasteiger partial charge is 0.486 e. The van der Waals surface area contributed by atoms with Crippen LogP contribution in [0.2, 0.25) is 10.0 Å². The van der Waals surface area contributed by atoms with Crippen LogP contribution in [-0.4, -0.2) is 6.21 Å². The van der Waals surface area contributed by atoms with Crippen LogP contribution < -0.4 is 4.74 Å². The lowest BCUT2D eigenvalue weighted by Crippen LogP contribution is -1.98. The van der Waals surface area contributed by atoms with Gasteiger partial charge in [-0.2, -0.15) is 0 Å². The highest BCUT2D eigenvalue weighted by Crippen LogP contribution is 2.36. The van der Waals surface area contributed by atoms with E-state index < -0.39 is 0 Å². The second-order valence-corrected chi connectivity index (χ2v) is 8.94. The predicted molar refractivity (Wildman–Crippen MR) is 126 cm³/mol. The highest BCUT2D eigenvalue weighted by atomic mass is 79.9. The Bertz CT molecular complexity index is 1030. The maximum Gasteiger partial charge on any atom is 0.148 e. The SMILES string of the molecule is Cc1ccc(N=Cc2cc(Br)c(OCc3ccc(Cl)cc3Cl)c(Br)c2)c(C)c1. The molecule has 0 unspecified atom stereocenters. The molecule has 0 N–H and O–H groups in total. The number of ether oxygens (including phenoxy) is 1. The first-order chi connectivity index (χ1) is 13.3. The molecule has 3 rings (SSSR count). The van der Waals surface area contributed by atoms with Gasteiger partial charge >= 0.3 is 0 Å². The molecule has 144 valence electrons. The van der Waals surface area contributed by atoms with Gasteiger partial charge in [0.2, 0.25) is 0 Å². The standard InChI is InChI=1S/C22H17Br2Cl2NO/c1-13-3-6-21(14(2)7-13)27-11-15-8-18(23)22(19(24)9-15)28-12-16-4-5-17(25)10-20(16)26/h3-11H,12H2,1-2H3. The summed E-state index contributed by atoms with van der Waals surface area (Å²) < 4.78 is 7.61. The predicted octanol–water partition coefficient (Wildman–Crippen LogP) is 8.46. The van der Waals surface area contributed by atoms with Crippen molar-refractivity contribution in [3.8, 4) is 5.75 Å². The van der Waals surface area contributed by atoms with Crippen LogP contribution >= 0.6 is 55.1 Å². The number of halogens is 4. The van der Waals surface area contributed by atoms with E-state index >= 15 is 0 Å². The Kier molecular flexibility index (Phi) is 7.21. The van der Waals surface area contributed by atoms with Crippen molar-refractivity contribution in [2.75, 3.05) is 0 Å². The van der Waals surface area contributed by atoms with Gasteiger partial charge in [-0.3, -0.25) is 4.99 Å². The average molecular weight is 542 g/mol. The number of benzene rings is 3. The van der Waals surface area contributed by atoms with Crippen LogP contribution in [0.5, 0.6) is 5.75 Å². The first-order valence-corrected chi connectivity index (χ1v) is 10.8. The van der Waals surface area contributed by atoms with Gasteiger partial charge in [0.05, 0.1) is 14.6 Å². The van der Waals surface area contributed by atoms with Gasteiger partial charge in [-0.05, 0) is 87.2 Å². The fourth-order valence-electron chi connectivity index (χ4n) is 2.67. The van der Waals surface area contributed by atoms with Gasteiger partial charge in [0.15, 0.2) is 0 Å².